The lowest BCUT2D eigenvalue weighted by atomic mass is 9.95. The summed E-state index contributed by atoms with van der Waals surface area (Å²) >= 11 is 0. The maximum Gasteiger partial charge on any atom is 0.295 e. The Morgan fingerprint density at radius 1 is 1.12 bits per heavy atom. The molecule has 33 heavy (non-hydrogen) atoms. The molecule has 1 amide bonds. The molecular formula is C27H34N2O4. The molecule has 1 unspecified atom stereocenters. The molecule has 0 spiro atoms. The number of ketones is 1. The number of benzene rings is 2. The smallest absolute Gasteiger partial charge is 0.295 e. The Hall–Kier alpha value is -3.12. The van der Waals surface area contributed by atoms with Gasteiger partial charge in [0.15, 0.2) is 0 Å². The second-order valence-electron chi connectivity index (χ2n) is 9.29. The molecule has 1 aliphatic rings. The van der Waals surface area contributed by atoms with Gasteiger partial charge >= 0.3 is 0 Å². The van der Waals surface area contributed by atoms with Crippen molar-refractivity contribution in [2.24, 2.45) is 5.92 Å². The predicted octanol–water partition coefficient (Wildman–Crippen LogP) is 4.40. The van der Waals surface area contributed by atoms with Gasteiger partial charge in [0.1, 0.15) is 11.5 Å². The maximum atomic E-state index is 13.1. The molecule has 0 radical (unpaired) electrons. The number of aliphatic hydroxyl groups is 1. The Labute approximate surface area is 196 Å². The third kappa shape index (κ3) is 5.82. The molecule has 1 heterocycles. The summed E-state index contributed by atoms with van der Waals surface area (Å²) in [7, 11) is 3.94. The average Bonchev–Trinajstić information content (AvgIpc) is 3.03. The van der Waals surface area contributed by atoms with Crippen LogP contribution in [0.2, 0.25) is 0 Å². The highest BCUT2D eigenvalue weighted by Crippen LogP contribution is 2.40. The Balaban J connectivity index is 2.06. The van der Waals surface area contributed by atoms with Crippen LogP contribution in [0.25, 0.3) is 5.76 Å². The molecule has 3 rings (SSSR count). The van der Waals surface area contributed by atoms with Crippen LogP contribution in [0.5, 0.6) is 5.75 Å². The molecule has 6 nitrogen and oxygen atoms in total. The summed E-state index contributed by atoms with van der Waals surface area (Å²) < 4.78 is 5.89. The van der Waals surface area contributed by atoms with Gasteiger partial charge in [-0.15, -0.1) is 0 Å². The van der Waals surface area contributed by atoms with Crippen molar-refractivity contribution in [3.63, 3.8) is 0 Å². The molecule has 0 aromatic heterocycles. The van der Waals surface area contributed by atoms with E-state index in [0.717, 1.165) is 17.7 Å². The molecule has 1 N–H and O–H groups in total. The minimum Gasteiger partial charge on any atom is -0.507 e. The zero-order chi connectivity index (χ0) is 24.1. The van der Waals surface area contributed by atoms with Gasteiger partial charge in [0.05, 0.1) is 18.2 Å². The molecule has 0 aliphatic carbocycles. The molecule has 2 aromatic carbocycles. The molecule has 176 valence electrons. The molecule has 1 saturated heterocycles. The first-order valence-corrected chi connectivity index (χ1v) is 11.4. The van der Waals surface area contributed by atoms with Crippen LogP contribution in [0.4, 0.5) is 0 Å². The SMILES string of the molecule is Cc1ccc(/C(O)=C2/C(=O)C(=O)N(CCCN(C)C)C2c2cccc(OCC(C)C)c2)cc1. The van der Waals surface area contributed by atoms with Crippen LogP contribution >= 0.6 is 0 Å². The summed E-state index contributed by atoms with van der Waals surface area (Å²) in [5, 5.41) is 11.1. The monoisotopic (exact) mass is 450 g/mol. The molecule has 2 aromatic rings. The Kier molecular flexibility index (Phi) is 7.92. The maximum absolute atomic E-state index is 13.1. The quantitative estimate of drug-likeness (QED) is 0.348. The van der Waals surface area contributed by atoms with E-state index in [0.29, 0.717) is 36.8 Å². The number of hydrogen-bond acceptors (Lipinski definition) is 5. The van der Waals surface area contributed by atoms with Gasteiger partial charge in [0.2, 0.25) is 0 Å². The van der Waals surface area contributed by atoms with Crippen molar-refractivity contribution in [2.45, 2.75) is 33.2 Å². The van der Waals surface area contributed by atoms with Gasteiger partial charge in [0, 0.05) is 12.1 Å². The zero-order valence-electron chi connectivity index (χ0n) is 20.2. The molecule has 1 atom stereocenters. The van der Waals surface area contributed by atoms with Gasteiger partial charge in [-0.1, -0.05) is 55.8 Å². The normalized spacial score (nSPS) is 17.9. The Morgan fingerprint density at radius 2 is 1.82 bits per heavy atom. The van der Waals surface area contributed by atoms with Gasteiger partial charge in [-0.05, 0) is 57.6 Å². The van der Waals surface area contributed by atoms with Crippen molar-refractivity contribution >= 4 is 17.4 Å². The number of aryl methyl sites for hydroxylation is 1. The second kappa shape index (κ2) is 10.7. The summed E-state index contributed by atoms with van der Waals surface area (Å²) in [5.41, 5.74) is 2.43. The Bertz CT molecular complexity index is 1020. The number of amides is 1. The molecular weight excluding hydrogens is 416 g/mol. The molecule has 1 aliphatic heterocycles. The molecule has 1 fully saturated rings. The third-order valence-electron chi connectivity index (χ3n) is 5.63. The number of rotatable bonds is 9. The van der Waals surface area contributed by atoms with E-state index in [2.05, 4.69) is 13.8 Å². The lowest BCUT2D eigenvalue weighted by molar-refractivity contribution is -0.139. The predicted molar refractivity (Wildman–Crippen MR) is 130 cm³/mol. The highest BCUT2D eigenvalue weighted by molar-refractivity contribution is 6.46. The summed E-state index contributed by atoms with van der Waals surface area (Å²) in [5.74, 6) is -0.346. The van der Waals surface area contributed by atoms with Gasteiger partial charge in [-0.3, -0.25) is 9.59 Å². The van der Waals surface area contributed by atoms with Crippen LogP contribution < -0.4 is 4.74 Å². The van der Waals surface area contributed by atoms with Gasteiger partial charge in [-0.2, -0.15) is 0 Å². The van der Waals surface area contributed by atoms with Crippen LogP contribution in [0.1, 0.15) is 43.0 Å². The molecule has 0 saturated carbocycles. The largest absolute Gasteiger partial charge is 0.507 e. The van der Waals surface area contributed by atoms with Crippen LogP contribution in [-0.2, 0) is 9.59 Å². The lowest BCUT2D eigenvalue weighted by Gasteiger charge is -2.26. The van der Waals surface area contributed by atoms with Gasteiger partial charge < -0.3 is 19.6 Å². The van der Waals surface area contributed by atoms with Crippen molar-refractivity contribution in [3.8, 4) is 5.75 Å². The highest BCUT2D eigenvalue weighted by atomic mass is 16.5. The van der Waals surface area contributed by atoms with Crippen molar-refractivity contribution < 1.29 is 19.4 Å². The van der Waals surface area contributed by atoms with Crippen LogP contribution in [0, 0.1) is 12.8 Å². The number of carbonyl (C=O) groups is 2. The van der Waals surface area contributed by atoms with E-state index >= 15 is 0 Å². The van der Waals surface area contributed by atoms with Crippen molar-refractivity contribution in [2.75, 3.05) is 33.8 Å². The Morgan fingerprint density at radius 3 is 2.45 bits per heavy atom. The fourth-order valence-corrected chi connectivity index (χ4v) is 3.92. The minimum absolute atomic E-state index is 0.120. The van der Waals surface area contributed by atoms with Crippen LogP contribution in [0.3, 0.4) is 0 Å². The fraction of sp³-hybridized carbons (Fsp3) is 0.407. The first-order chi connectivity index (χ1) is 15.7. The number of Topliss-reactive ketones (excluding diaryl/α,β-unsaturated/α-hetero) is 1. The second-order valence-corrected chi connectivity index (χ2v) is 9.29. The summed E-state index contributed by atoms with van der Waals surface area (Å²) in [6.07, 6.45) is 0.713. The van der Waals surface area contributed by atoms with Crippen LogP contribution in [0.15, 0.2) is 54.1 Å². The summed E-state index contributed by atoms with van der Waals surface area (Å²) in [6.45, 7) is 7.86. The number of hydrogen-bond donors (Lipinski definition) is 1. The number of ether oxygens (including phenoxy) is 1. The number of aliphatic hydroxyl groups excluding tert-OH is 1. The molecule has 6 heteroatoms. The van der Waals surface area contributed by atoms with Gasteiger partial charge in [-0.25, -0.2) is 0 Å². The van der Waals surface area contributed by atoms with Crippen molar-refractivity contribution in [1.82, 2.24) is 9.80 Å². The first kappa shape index (κ1) is 24.5. The van der Waals surface area contributed by atoms with E-state index in [9.17, 15) is 14.7 Å². The highest BCUT2D eigenvalue weighted by Gasteiger charge is 2.45. The van der Waals surface area contributed by atoms with E-state index in [1.54, 1.807) is 17.0 Å². The van der Waals surface area contributed by atoms with Gasteiger partial charge in [0.25, 0.3) is 11.7 Å². The summed E-state index contributed by atoms with van der Waals surface area (Å²) in [6, 6.07) is 14.1. The van der Waals surface area contributed by atoms with E-state index < -0.39 is 17.7 Å². The minimum atomic E-state index is -0.670. The van der Waals surface area contributed by atoms with E-state index in [4.69, 9.17) is 4.74 Å². The fourth-order valence-electron chi connectivity index (χ4n) is 3.92. The third-order valence-corrected chi connectivity index (χ3v) is 5.63. The topological polar surface area (TPSA) is 70.1 Å². The van der Waals surface area contributed by atoms with Crippen LogP contribution in [-0.4, -0.2) is 60.4 Å². The number of nitrogens with zero attached hydrogens (tertiary/aromatic N) is 2. The van der Waals surface area contributed by atoms with E-state index in [-0.39, 0.29) is 11.3 Å². The van der Waals surface area contributed by atoms with E-state index in [1.807, 2.05) is 62.3 Å². The first-order valence-electron chi connectivity index (χ1n) is 11.4. The average molecular weight is 451 g/mol. The molecule has 0 bridgehead atoms. The zero-order valence-corrected chi connectivity index (χ0v) is 20.2. The lowest BCUT2D eigenvalue weighted by Crippen LogP contribution is -2.32. The summed E-state index contributed by atoms with van der Waals surface area (Å²) in [4.78, 5) is 29.8. The number of likely N-dealkylation sites (tertiary alicyclic amines) is 1. The van der Waals surface area contributed by atoms with Crippen molar-refractivity contribution in [3.05, 3.63) is 70.8 Å². The number of carbonyl (C=O) groups excluding carboxylic acids is 2. The van der Waals surface area contributed by atoms with E-state index in [1.165, 1.54) is 0 Å². The standard InChI is InChI=1S/C27H34N2O4/c1-18(2)17-33-22-9-6-8-21(16-22)24-23(25(30)20-12-10-19(3)11-13-20)26(31)27(32)29(24)15-7-14-28(4)5/h6,8-13,16,18,24,30H,7,14-15,17H2,1-5H3/b25-23-. The van der Waals surface area contributed by atoms with Crippen molar-refractivity contribution in [1.29, 1.82) is 0 Å².